The van der Waals surface area contributed by atoms with Crippen LogP contribution in [-0.4, -0.2) is 59.8 Å². The van der Waals surface area contributed by atoms with E-state index in [-0.39, 0.29) is 35.2 Å². The third-order valence-corrected chi connectivity index (χ3v) is 13.0. The molecule has 5 rings (SSSR count). The van der Waals surface area contributed by atoms with Crippen LogP contribution in [0.1, 0.15) is 83.6 Å². The molecule has 222 valence electrons. The Kier molecular flexibility index (Phi) is 11.0. The van der Waals surface area contributed by atoms with Crippen molar-refractivity contribution in [3.8, 4) is 0 Å². The van der Waals surface area contributed by atoms with E-state index in [0.29, 0.717) is 0 Å². The van der Waals surface area contributed by atoms with Crippen LogP contribution in [0.3, 0.4) is 0 Å². The number of rotatable bonds is 15. The Morgan fingerprint density at radius 3 is 2.31 bits per heavy atom. The quantitative estimate of drug-likeness (QED) is 0.0778. The van der Waals surface area contributed by atoms with Crippen LogP contribution in [0.4, 0.5) is 5.69 Å². The van der Waals surface area contributed by atoms with Crippen LogP contribution in [0.5, 0.6) is 0 Å². The molecule has 0 amide bonds. The zero-order chi connectivity index (χ0) is 29.5. The first kappa shape index (κ1) is 31.1. The van der Waals surface area contributed by atoms with Crippen molar-refractivity contribution in [2.24, 2.45) is 0 Å². The molecule has 0 fully saturated rings. The van der Waals surface area contributed by atoms with Crippen LogP contribution < -0.4 is 13.9 Å². The van der Waals surface area contributed by atoms with Crippen LogP contribution in [-0.2, 0) is 11.3 Å². The van der Waals surface area contributed by atoms with Gasteiger partial charge in [-0.15, -0.1) is 0 Å². The predicted molar refractivity (Wildman–Crippen MR) is 180 cm³/mol. The van der Waals surface area contributed by atoms with Gasteiger partial charge in [-0.1, -0.05) is 0 Å². The van der Waals surface area contributed by atoms with Crippen LogP contribution in [0.2, 0.25) is 0 Å². The number of fused-ring (bicyclic) bond motifs is 2. The fraction of sp³-hybridized carbons (Fsp3) is 0.444. The minimum atomic E-state index is 0.211. The topological polar surface area (TPSA) is 27.4 Å². The molecule has 0 spiro atoms. The molecule has 0 saturated carbocycles. The van der Waals surface area contributed by atoms with Crippen LogP contribution >= 0.6 is 0 Å². The van der Waals surface area contributed by atoms with E-state index in [1.165, 1.54) is 80.5 Å². The van der Waals surface area contributed by atoms with Gasteiger partial charge in [0.15, 0.2) is 0 Å². The third kappa shape index (κ3) is 6.58. The van der Waals surface area contributed by atoms with Crippen molar-refractivity contribution in [1.82, 2.24) is 4.90 Å². The molecule has 0 bridgehead atoms. The van der Waals surface area contributed by atoms with Gasteiger partial charge in [0.1, 0.15) is 0 Å². The molecule has 0 saturated heterocycles. The Morgan fingerprint density at radius 1 is 0.833 bits per heavy atom. The molecule has 1 aromatic heterocycles. The molecule has 2 aromatic carbocycles. The Labute approximate surface area is 265 Å². The summed E-state index contributed by atoms with van der Waals surface area (Å²) >= 11 is 0.422. The number of aromatic nitrogens is 1. The number of hydrogen-bond acceptors (Lipinski definition) is 3. The monoisotopic (exact) mass is 696 g/mol. The molecule has 2 aliphatic rings. The number of unbranched alkanes of at least 4 members (excludes halogenated alkanes) is 6. The van der Waals surface area contributed by atoms with Gasteiger partial charge in [0.2, 0.25) is 0 Å². The number of benzene rings is 2. The summed E-state index contributed by atoms with van der Waals surface area (Å²) in [6.45, 7) is 12.8. The van der Waals surface area contributed by atoms with E-state index in [1.54, 1.807) is 0 Å². The first-order valence-electron chi connectivity index (χ1n) is 16.0. The van der Waals surface area contributed by atoms with E-state index in [4.69, 9.17) is 0 Å². The number of carbonyl (C=O) groups excluding carboxylic acids is 1. The number of anilines is 1. The van der Waals surface area contributed by atoms with E-state index in [2.05, 4.69) is 103 Å². The summed E-state index contributed by atoms with van der Waals surface area (Å²) in [6.07, 6.45) is 14.5. The molecule has 2 heterocycles. The molecule has 0 atom stereocenters. The second kappa shape index (κ2) is 14.9. The van der Waals surface area contributed by atoms with Crippen LogP contribution in [0, 0.1) is 0 Å². The van der Waals surface area contributed by atoms with Crippen LogP contribution in [0.25, 0.3) is 15.9 Å². The maximum absolute atomic E-state index is 14.0. The normalized spacial score (nSPS) is 16.7. The van der Waals surface area contributed by atoms with E-state index in [9.17, 15) is 4.79 Å². The first-order chi connectivity index (χ1) is 20.6. The number of likely N-dealkylation sites (N-methyl/N-ethyl adjacent to an activating group) is 1. The first-order valence-corrected chi connectivity index (χ1v) is 19.5. The Morgan fingerprint density at radius 2 is 1.55 bits per heavy atom. The number of para-hydroxylation sites is 2. The van der Waals surface area contributed by atoms with Gasteiger partial charge in [-0.25, -0.2) is 0 Å². The minimum absolute atomic E-state index is 0.211. The molecular weight excluding hydrogens is 648 g/mol. The SMILES string of the molecule is CCCCCCN1/C(=C/C2=C(N(CC)CC)C(=C/c3[se]c4ccccc4[n+]3CCCCCC)/C2=O)[Se]c2ccccc21. The molecule has 1 aliphatic heterocycles. The van der Waals surface area contributed by atoms with Crippen molar-refractivity contribution < 1.29 is 9.36 Å². The van der Waals surface area contributed by atoms with E-state index in [1.807, 2.05) is 0 Å². The predicted octanol–water partition coefficient (Wildman–Crippen LogP) is 6.60. The van der Waals surface area contributed by atoms with Crippen LogP contribution in [0.15, 0.2) is 76.0 Å². The number of aryl methyl sites for hydroxylation is 1. The number of ketones is 1. The average Bonchev–Trinajstić information content (AvgIpc) is 3.55. The summed E-state index contributed by atoms with van der Waals surface area (Å²) in [5.74, 6) is 0.215. The number of allylic oxidation sites excluding steroid dienone is 3. The number of carbonyl (C=O) groups is 1. The van der Waals surface area contributed by atoms with Gasteiger partial charge in [-0.2, -0.15) is 0 Å². The van der Waals surface area contributed by atoms with Crippen molar-refractivity contribution in [2.75, 3.05) is 24.5 Å². The van der Waals surface area contributed by atoms with Gasteiger partial charge < -0.3 is 0 Å². The number of Topliss-reactive ketones (excluding diaryl/α,β-unsaturated/α-hetero) is 1. The molecule has 42 heavy (non-hydrogen) atoms. The third-order valence-electron chi connectivity index (χ3n) is 8.36. The molecule has 0 radical (unpaired) electrons. The summed E-state index contributed by atoms with van der Waals surface area (Å²) < 4.78 is 8.03. The maximum atomic E-state index is 14.0. The standard InChI is InChI=1S/C36H46N3OSe2/c1-5-9-11-17-23-38-29-19-13-15-21-31(29)41-33(38)25-27-35(37(7-3)8-4)28(36(27)40)26-34-39(24-18-12-10-6-2)30-20-14-16-22-32(30)42-34/h13-16,19-22,25-26H,5-12,17-18,23-24H2,1-4H3/q+1. The van der Waals surface area contributed by atoms with Gasteiger partial charge in [-0.05, 0) is 0 Å². The van der Waals surface area contributed by atoms with Gasteiger partial charge in [0.05, 0.1) is 0 Å². The fourth-order valence-electron chi connectivity index (χ4n) is 6.01. The van der Waals surface area contributed by atoms with Gasteiger partial charge in [0, 0.05) is 0 Å². The molecule has 1 aliphatic carbocycles. The number of hydrogen-bond donors (Lipinski definition) is 0. The molecule has 4 nitrogen and oxygen atoms in total. The molecule has 0 N–H and O–H groups in total. The van der Waals surface area contributed by atoms with Gasteiger partial charge >= 0.3 is 266 Å². The summed E-state index contributed by atoms with van der Waals surface area (Å²) in [5.41, 5.74) is 5.65. The summed E-state index contributed by atoms with van der Waals surface area (Å²) in [5, 5.41) is 0. The second-order valence-electron chi connectivity index (χ2n) is 11.2. The zero-order valence-corrected chi connectivity index (χ0v) is 29.3. The summed E-state index contributed by atoms with van der Waals surface area (Å²) in [4.78, 5) is 18.9. The summed E-state index contributed by atoms with van der Waals surface area (Å²) in [7, 11) is 0. The average molecular weight is 695 g/mol. The Hall–Kier alpha value is -2.36. The zero-order valence-electron chi connectivity index (χ0n) is 25.8. The van der Waals surface area contributed by atoms with Crippen molar-refractivity contribution in [2.45, 2.75) is 85.6 Å². The van der Waals surface area contributed by atoms with Gasteiger partial charge in [-0.3, -0.25) is 0 Å². The molecule has 6 heteroatoms. The van der Waals surface area contributed by atoms with E-state index < -0.39 is 0 Å². The van der Waals surface area contributed by atoms with E-state index in [0.717, 1.165) is 43.0 Å². The molecular formula is C36H46N3OSe2+. The second-order valence-corrected chi connectivity index (χ2v) is 15.7. The van der Waals surface area contributed by atoms with Gasteiger partial charge in [0.25, 0.3) is 0 Å². The fourth-order valence-corrected chi connectivity index (χ4v) is 10.8. The van der Waals surface area contributed by atoms with E-state index >= 15 is 0 Å². The van der Waals surface area contributed by atoms with Crippen molar-refractivity contribution in [1.29, 1.82) is 0 Å². The van der Waals surface area contributed by atoms with Crippen molar-refractivity contribution >= 4 is 61.2 Å². The number of nitrogens with zero attached hydrogens (tertiary/aromatic N) is 3. The molecule has 3 aromatic rings. The Bertz CT molecular complexity index is 1490. The Balaban J connectivity index is 1.52. The van der Waals surface area contributed by atoms with Crippen molar-refractivity contribution in [3.63, 3.8) is 0 Å². The van der Waals surface area contributed by atoms with Crippen molar-refractivity contribution in [3.05, 3.63) is 80.6 Å². The summed E-state index contributed by atoms with van der Waals surface area (Å²) in [6, 6.07) is 17.7. The molecule has 0 unspecified atom stereocenters.